The molecule has 1 heterocycles. The van der Waals surface area contributed by atoms with E-state index in [1.54, 1.807) is 12.1 Å². The van der Waals surface area contributed by atoms with Crippen molar-refractivity contribution in [2.45, 2.75) is 18.8 Å². The van der Waals surface area contributed by atoms with Crippen molar-refractivity contribution in [2.24, 2.45) is 0 Å². The molecule has 0 aliphatic carbocycles. The van der Waals surface area contributed by atoms with Crippen LogP contribution in [0.5, 0.6) is 0 Å². The molecule has 1 aromatic carbocycles. The Morgan fingerprint density at radius 1 is 1.41 bits per heavy atom. The second-order valence-corrected chi connectivity index (χ2v) is 5.64. The summed E-state index contributed by atoms with van der Waals surface area (Å²) in [6.45, 7) is 3.30. The third-order valence-corrected chi connectivity index (χ3v) is 4.14. The van der Waals surface area contributed by atoms with E-state index in [2.05, 4.69) is 11.2 Å². The van der Waals surface area contributed by atoms with E-state index in [-0.39, 0.29) is 5.82 Å². The fourth-order valence-corrected chi connectivity index (χ4v) is 2.95. The molecule has 17 heavy (non-hydrogen) atoms. The summed E-state index contributed by atoms with van der Waals surface area (Å²) < 4.78 is 13.7. The van der Waals surface area contributed by atoms with Gasteiger partial charge in [-0.05, 0) is 49.6 Å². The normalized spacial score (nSPS) is 20.9. The van der Waals surface area contributed by atoms with E-state index in [0.717, 1.165) is 31.6 Å². The minimum absolute atomic E-state index is 0.0385. The van der Waals surface area contributed by atoms with E-state index in [4.69, 9.17) is 0 Å². The molecule has 0 saturated carbocycles. The highest BCUT2D eigenvalue weighted by molar-refractivity contribution is 7.98. The average Bonchev–Trinajstić information content (AvgIpc) is 2.79. The quantitative estimate of drug-likeness (QED) is 0.740. The Morgan fingerprint density at radius 2 is 2.24 bits per heavy atom. The van der Waals surface area contributed by atoms with Crippen molar-refractivity contribution in [2.75, 3.05) is 31.6 Å². The molecule has 1 aliphatic rings. The molecule has 1 aromatic rings. The number of rotatable bonds is 5. The zero-order valence-corrected chi connectivity index (χ0v) is 11.2. The van der Waals surface area contributed by atoms with Gasteiger partial charge in [-0.1, -0.05) is 18.2 Å². The van der Waals surface area contributed by atoms with Gasteiger partial charge in [0.05, 0.1) is 0 Å². The second-order valence-electron chi connectivity index (χ2n) is 4.65. The molecule has 1 fully saturated rings. The average molecular weight is 253 g/mol. The van der Waals surface area contributed by atoms with Gasteiger partial charge in [0.1, 0.15) is 5.82 Å². The van der Waals surface area contributed by atoms with Crippen molar-refractivity contribution in [3.05, 3.63) is 35.6 Å². The Morgan fingerprint density at radius 3 is 3.00 bits per heavy atom. The summed E-state index contributed by atoms with van der Waals surface area (Å²) in [5, 5.41) is 0. The van der Waals surface area contributed by atoms with E-state index >= 15 is 0 Å². The Labute approximate surface area is 107 Å². The second kappa shape index (κ2) is 6.41. The first-order chi connectivity index (χ1) is 8.31. The van der Waals surface area contributed by atoms with Gasteiger partial charge in [0.15, 0.2) is 0 Å². The van der Waals surface area contributed by atoms with E-state index in [1.165, 1.54) is 12.2 Å². The number of halogens is 1. The maximum Gasteiger partial charge on any atom is 0.126 e. The summed E-state index contributed by atoms with van der Waals surface area (Å²) in [6, 6.07) is 7.22. The Bertz CT molecular complexity index is 356. The van der Waals surface area contributed by atoms with E-state index in [1.807, 2.05) is 23.9 Å². The Hall–Kier alpha value is -0.540. The minimum atomic E-state index is -0.0385. The van der Waals surface area contributed by atoms with Gasteiger partial charge >= 0.3 is 0 Å². The first-order valence-electron chi connectivity index (χ1n) is 6.27. The number of thioether (sulfide) groups is 1. The lowest BCUT2D eigenvalue weighted by Crippen LogP contribution is -2.22. The maximum atomic E-state index is 13.7. The molecule has 1 atom stereocenters. The zero-order chi connectivity index (χ0) is 12.1. The summed E-state index contributed by atoms with van der Waals surface area (Å²) in [5.74, 6) is 1.58. The summed E-state index contributed by atoms with van der Waals surface area (Å²) in [4.78, 5) is 2.47. The zero-order valence-electron chi connectivity index (χ0n) is 10.4. The van der Waals surface area contributed by atoms with Crippen LogP contribution in [-0.2, 0) is 0 Å². The van der Waals surface area contributed by atoms with Crippen LogP contribution in [0.1, 0.15) is 24.3 Å². The van der Waals surface area contributed by atoms with Gasteiger partial charge in [0.2, 0.25) is 0 Å². The van der Waals surface area contributed by atoms with Gasteiger partial charge in [0, 0.05) is 12.5 Å². The standard InChI is InChI=1S/C14H20FNS/c1-17-10-4-8-16-9-7-12(11-16)13-5-2-3-6-14(13)15/h2-3,5-6,12H,4,7-11H2,1H3. The molecule has 0 bridgehead atoms. The molecule has 94 valence electrons. The Balaban J connectivity index is 1.87. The van der Waals surface area contributed by atoms with Crippen LogP contribution in [0.3, 0.4) is 0 Å². The molecule has 0 N–H and O–H groups in total. The SMILES string of the molecule is CSCCCN1CCC(c2ccccc2F)C1. The highest BCUT2D eigenvalue weighted by Crippen LogP contribution is 2.28. The van der Waals surface area contributed by atoms with Crippen LogP contribution < -0.4 is 0 Å². The monoisotopic (exact) mass is 253 g/mol. The van der Waals surface area contributed by atoms with Gasteiger partial charge < -0.3 is 4.90 Å². The van der Waals surface area contributed by atoms with Crippen LogP contribution in [-0.4, -0.2) is 36.5 Å². The molecule has 1 nitrogen and oxygen atoms in total. The molecule has 1 unspecified atom stereocenters. The first kappa shape index (κ1) is 12.9. The summed E-state index contributed by atoms with van der Waals surface area (Å²) in [7, 11) is 0. The largest absolute Gasteiger partial charge is 0.303 e. The van der Waals surface area contributed by atoms with Crippen molar-refractivity contribution >= 4 is 11.8 Å². The van der Waals surface area contributed by atoms with Gasteiger partial charge in [-0.25, -0.2) is 4.39 Å². The van der Waals surface area contributed by atoms with E-state index < -0.39 is 0 Å². The third-order valence-electron chi connectivity index (χ3n) is 3.44. The van der Waals surface area contributed by atoms with Gasteiger partial charge in [-0.3, -0.25) is 0 Å². The molecule has 1 aliphatic heterocycles. The molecule has 0 spiro atoms. The van der Waals surface area contributed by atoms with Crippen molar-refractivity contribution in [3.8, 4) is 0 Å². The molecule has 3 heteroatoms. The lowest BCUT2D eigenvalue weighted by molar-refractivity contribution is 0.335. The van der Waals surface area contributed by atoms with Gasteiger partial charge in [-0.15, -0.1) is 0 Å². The van der Waals surface area contributed by atoms with Gasteiger partial charge in [-0.2, -0.15) is 11.8 Å². The molecule has 0 aromatic heterocycles. The maximum absolute atomic E-state index is 13.7. The topological polar surface area (TPSA) is 3.24 Å². The smallest absolute Gasteiger partial charge is 0.126 e. The number of benzene rings is 1. The van der Waals surface area contributed by atoms with Crippen LogP contribution in [0.25, 0.3) is 0 Å². The molecular formula is C14H20FNS. The summed E-state index contributed by atoms with van der Waals surface area (Å²) in [6.07, 6.45) is 4.48. The number of hydrogen-bond acceptors (Lipinski definition) is 2. The predicted molar refractivity (Wildman–Crippen MR) is 73.2 cm³/mol. The van der Waals surface area contributed by atoms with Crippen LogP contribution in [0.4, 0.5) is 4.39 Å². The molecular weight excluding hydrogens is 233 g/mol. The fourth-order valence-electron chi connectivity index (χ4n) is 2.53. The molecule has 0 amide bonds. The van der Waals surface area contributed by atoms with Crippen LogP contribution >= 0.6 is 11.8 Å². The van der Waals surface area contributed by atoms with E-state index in [9.17, 15) is 4.39 Å². The lowest BCUT2D eigenvalue weighted by Gasteiger charge is -2.16. The predicted octanol–water partition coefficient (Wildman–Crippen LogP) is 3.37. The highest BCUT2D eigenvalue weighted by Gasteiger charge is 2.25. The first-order valence-corrected chi connectivity index (χ1v) is 7.66. The van der Waals surface area contributed by atoms with Gasteiger partial charge in [0.25, 0.3) is 0 Å². The van der Waals surface area contributed by atoms with Crippen molar-refractivity contribution in [1.82, 2.24) is 4.90 Å². The molecule has 0 radical (unpaired) electrons. The van der Waals surface area contributed by atoms with Crippen molar-refractivity contribution < 1.29 is 4.39 Å². The summed E-state index contributed by atoms with van der Waals surface area (Å²) in [5.41, 5.74) is 0.903. The minimum Gasteiger partial charge on any atom is -0.303 e. The van der Waals surface area contributed by atoms with Crippen molar-refractivity contribution in [1.29, 1.82) is 0 Å². The van der Waals surface area contributed by atoms with Crippen LogP contribution in [0.15, 0.2) is 24.3 Å². The fraction of sp³-hybridized carbons (Fsp3) is 0.571. The van der Waals surface area contributed by atoms with Crippen LogP contribution in [0, 0.1) is 5.82 Å². The Kier molecular flexibility index (Phi) is 4.86. The summed E-state index contributed by atoms with van der Waals surface area (Å²) >= 11 is 1.90. The lowest BCUT2D eigenvalue weighted by atomic mass is 9.98. The van der Waals surface area contributed by atoms with E-state index in [0.29, 0.717) is 5.92 Å². The van der Waals surface area contributed by atoms with Crippen molar-refractivity contribution in [3.63, 3.8) is 0 Å². The number of nitrogens with zero attached hydrogens (tertiary/aromatic N) is 1. The molecule has 2 rings (SSSR count). The third kappa shape index (κ3) is 3.46. The van der Waals surface area contributed by atoms with Crippen LogP contribution in [0.2, 0.25) is 0 Å². The highest BCUT2D eigenvalue weighted by atomic mass is 32.2. The molecule has 1 saturated heterocycles. The number of hydrogen-bond donors (Lipinski definition) is 0. The number of likely N-dealkylation sites (tertiary alicyclic amines) is 1.